The lowest BCUT2D eigenvalue weighted by Crippen LogP contribution is -2.46. The van der Waals surface area contributed by atoms with E-state index in [9.17, 15) is 4.79 Å². The molecule has 0 atom stereocenters. The molecule has 1 aliphatic heterocycles. The Bertz CT molecular complexity index is 1020. The Kier molecular flexibility index (Phi) is 6.81. The van der Waals surface area contributed by atoms with Crippen molar-refractivity contribution in [2.24, 2.45) is 0 Å². The second-order valence-electron chi connectivity index (χ2n) is 8.54. The van der Waals surface area contributed by atoms with E-state index in [1.54, 1.807) is 0 Å². The van der Waals surface area contributed by atoms with Crippen LogP contribution in [0.5, 0.6) is 0 Å². The fourth-order valence-corrected chi connectivity index (χ4v) is 4.33. The Hall–Kier alpha value is -3.25. The number of carbonyl (C=O) groups is 1. The topological polar surface area (TPSA) is 61.4 Å². The third-order valence-electron chi connectivity index (χ3n) is 6.03. The summed E-state index contributed by atoms with van der Waals surface area (Å²) in [5, 5.41) is 3.03. The number of anilines is 2. The second kappa shape index (κ2) is 9.92. The number of hydrogen-bond acceptors (Lipinski definition) is 5. The third kappa shape index (κ3) is 5.51. The van der Waals surface area contributed by atoms with Gasteiger partial charge in [0.2, 0.25) is 5.91 Å². The average molecular weight is 430 g/mol. The van der Waals surface area contributed by atoms with Gasteiger partial charge >= 0.3 is 0 Å². The predicted molar refractivity (Wildman–Crippen MR) is 130 cm³/mol. The number of benzene rings is 2. The fourth-order valence-electron chi connectivity index (χ4n) is 4.33. The lowest BCUT2D eigenvalue weighted by molar-refractivity contribution is -0.117. The Balaban J connectivity index is 1.27. The average Bonchev–Trinajstić information content (AvgIpc) is 2.79. The SMILES string of the molecule is Cc1cc(N2CCC(N(C)CC(=O)Nc3ccc(-c4ccccc4)cc3)CC2)nc(C)n1. The molecule has 1 aromatic heterocycles. The van der Waals surface area contributed by atoms with Crippen LogP contribution in [0.1, 0.15) is 24.4 Å². The van der Waals surface area contributed by atoms with Crippen molar-refractivity contribution >= 4 is 17.4 Å². The Morgan fingerprint density at radius 2 is 1.66 bits per heavy atom. The van der Waals surface area contributed by atoms with Crippen molar-refractivity contribution in [3.8, 4) is 11.1 Å². The van der Waals surface area contributed by atoms with Crippen LogP contribution in [-0.4, -0.2) is 53.5 Å². The predicted octanol–water partition coefficient (Wildman–Crippen LogP) is 4.30. The number of carbonyl (C=O) groups excluding carboxylic acids is 1. The van der Waals surface area contributed by atoms with Crippen molar-refractivity contribution < 1.29 is 4.79 Å². The highest BCUT2D eigenvalue weighted by Crippen LogP contribution is 2.22. The van der Waals surface area contributed by atoms with Gasteiger partial charge in [0.1, 0.15) is 11.6 Å². The quantitative estimate of drug-likeness (QED) is 0.633. The molecule has 4 rings (SSSR count). The molecule has 32 heavy (non-hydrogen) atoms. The van der Waals surface area contributed by atoms with Crippen molar-refractivity contribution in [1.29, 1.82) is 0 Å². The van der Waals surface area contributed by atoms with Crippen LogP contribution in [0.25, 0.3) is 11.1 Å². The maximum Gasteiger partial charge on any atom is 0.238 e. The van der Waals surface area contributed by atoms with E-state index in [0.717, 1.165) is 54.5 Å². The van der Waals surface area contributed by atoms with Crippen molar-refractivity contribution in [3.05, 3.63) is 72.2 Å². The number of aromatic nitrogens is 2. The molecule has 6 heteroatoms. The van der Waals surface area contributed by atoms with Crippen molar-refractivity contribution in [2.75, 3.05) is 36.9 Å². The zero-order valence-electron chi connectivity index (χ0n) is 19.1. The van der Waals surface area contributed by atoms with Gasteiger partial charge in [-0.3, -0.25) is 9.69 Å². The molecule has 2 aromatic carbocycles. The maximum absolute atomic E-state index is 12.6. The van der Waals surface area contributed by atoms with Crippen LogP contribution in [0.2, 0.25) is 0 Å². The highest BCUT2D eigenvalue weighted by molar-refractivity contribution is 5.92. The smallest absolute Gasteiger partial charge is 0.238 e. The molecule has 0 spiro atoms. The summed E-state index contributed by atoms with van der Waals surface area (Å²) in [5.74, 6) is 1.84. The monoisotopic (exact) mass is 429 g/mol. The second-order valence-corrected chi connectivity index (χ2v) is 8.54. The number of nitrogens with zero attached hydrogens (tertiary/aromatic N) is 4. The van der Waals surface area contributed by atoms with E-state index in [4.69, 9.17) is 0 Å². The Morgan fingerprint density at radius 3 is 2.31 bits per heavy atom. The summed E-state index contributed by atoms with van der Waals surface area (Å²) in [6.07, 6.45) is 2.02. The van der Waals surface area contributed by atoms with Crippen LogP contribution in [0, 0.1) is 13.8 Å². The minimum atomic E-state index is 0.0180. The van der Waals surface area contributed by atoms with Crippen LogP contribution in [0.3, 0.4) is 0 Å². The molecule has 1 fully saturated rings. The number of rotatable bonds is 6. The van der Waals surface area contributed by atoms with Gasteiger partial charge in [-0.25, -0.2) is 9.97 Å². The molecule has 6 nitrogen and oxygen atoms in total. The molecule has 1 aliphatic rings. The molecule has 0 aliphatic carbocycles. The molecule has 1 amide bonds. The molecule has 0 bridgehead atoms. The van der Waals surface area contributed by atoms with Gasteiger partial charge in [-0.2, -0.15) is 0 Å². The van der Waals surface area contributed by atoms with E-state index in [1.807, 2.05) is 69.4 Å². The first kappa shape index (κ1) is 22.0. The van der Waals surface area contributed by atoms with Crippen molar-refractivity contribution in [1.82, 2.24) is 14.9 Å². The first-order valence-corrected chi connectivity index (χ1v) is 11.2. The number of piperidine rings is 1. The summed E-state index contributed by atoms with van der Waals surface area (Å²) in [6.45, 7) is 6.20. The molecule has 3 aromatic rings. The lowest BCUT2D eigenvalue weighted by Gasteiger charge is -2.37. The number of likely N-dealkylation sites (N-methyl/N-ethyl adjacent to an activating group) is 1. The van der Waals surface area contributed by atoms with Gasteiger partial charge in [-0.15, -0.1) is 0 Å². The minimum Gasteiger partial charge on any atom is -0.356 e. The summed E-state index contributed by atoms with van der Waals surface area (Å²) in [4.78, 5) is 26.0. The molecule has 0 saturated carbocycles. The van der Waals surface area contributed by atoms with Gasteiger partial charge in [0.05, 0.1) is 6.54 Å². The lowest BCUT2D eigenvalue weighted by atomic mass is 10.0. The first-order chi connectivity index (χ1) is 15.5. The number of amides is 1. The summed E-state index contributed by atoms with van der Waals surface area (Å²) < 4.78 is 0. The Morgan fingerprint density at radius 1 is 1.00 bits per heavy atom. The zero-order valence-corrected chi connectivity index (χ0v) is 19.1. The molecule has 2 heterocycles. The van der Waals surface area contributed by atoms with Crippen LogP contribution in [0.15, 0.2) is 60.7 Å². The van der Waals surface area contributed by atoms with Gasteiger partial charge in [-0.1, -0.05) is 42.5 Å². The Labute approximate surface area is 190 Å². The molecule has 1 N–H and O–H groups in total. The van der Waals surface area contributed by atoms with Crippen LogP contribution >= 0.6 is 0 Å². The standard InChI is InChI=1S/C26H31N5O/c1-19-17-25(28-20(2)27-19)31-15-13-24(14-16-31)30(3)18-26(32)29-23-11-9-22(10-12-23)21-7-5-4-6-8-21/h4-12,17,24H,13-16,18H2,1-3H3,(H,29,32). The van der Waals surface area contributed by atoms with E-state index in [0.29, 0.717) is 12.6 Å². The van der Waals surface area contributed by atoms with Gasteiger partial charge in [0.25, 0.3) is 0 Å². The molecule has 0 radical (unpaired) electrons. The van der Waals surface area contributed by atoms with E-state index in [1.165, 1.54) is 5.56 Å². The normalized spacial score (nSPS) is 14.6. The highest BCUT2D eigenvalue weighted by Gasteiger charge is 2.24. The summed E-state index contributed by atoms with van der Waals surface area (Å²) >= 11 is 0. The summed E-state index contributed by atoms with van der Waals surface area (Å²) in [6, 6.07) is 20.7. The fraction of sp³-hybridized carbons (Fsp3) is 0.346. The van der Waals surface area contributed by atoms with Crippen molar-refractivity contribution in [3.63, 3.8) is 0 Å². The van der Waals surface area contributed by atoms with E-state index >= 15 is 0 Å². The summed E-state index contributed by atoms with van der Waals surface area (Å²) in [7, 11) is 2.04. The van der Waals surface area contributed by atoms with Gasteiger partial charge < -0.3 is 10.2 Å². The molecular weight excluding hydrogens is 398 g/mol. The molecule has 0 unspecified atom stereocenters. The van der Waals surface area contributed by atoms with Crippen molar-refractivity contribution in [2.45, 2.75) is 32.7 Å². The molecule has 1 saturated heterocycles. The maximum atomic E-state index is 12.6. The summed E-state index contributed by atoms with van der Waals surface area (Å²) in [5.41, 5.74) is 4.14. The first-order valence-electron chi connectivity index (χ1n) is 11.2. The van der Waals surface area contributed by atoms with E-state index in [2.05, 4.69) is 37.2 Å². The van der Waals surface area contributed by atoms with Gasteiger partial charge in [0, 0.05) is 36.6 Å². The van der Waals surface area contributed by atoms with Gasteiger partial charge in [-0.05, 0) is 57.0 Å². The molecular formula is C26H31N5O. The van der Waals surface area contributed by atoms with Gasteiger partial charge in [0.15, 0.2) is 0 Å². The largest absolute Gasteiger partial charge is 0.356 e. The number of nitrogens with one attached hydrogen (secondary N) is 1. The number of hydrogen-bond donors (Lipinski definition) is 1. The van der Waals surface area contributed by atoms with Crippen LogP contribution in [-0.2, 0) is 4.79 Å². The van der Waals surface area contributed by atoms with E-state index in [-0.39, 0.29) is 5.91 Å². The highest BCUT2D eigenvalue weighted by atomic mass is 16.2. The molecule has 166 valence electrons. The van der Waals surface area contributed by atoms with Crippen LogP contribution < -0.4 is 10.2 Å². The zero-order chi connectivity index (χ0) is 22.5. The third-order valence-corrected chi connectivity index (χ3v) is 6.03. The minimum absolute atomic E-state index is 0.0180. The number of aryl methyl sites for hydroxylation is 2. The van der Waals surface area contributed by atoms with Crippen LogP contribution in [0.4, 0.5) is 11.5 Å². The van der Waals surface area contributed by atoms with E-state index < -0.39 is 0 Å².